The van der Waals surface area contributed by atoms with Gasteiger partial charge in [-0.1, -0.05) is 27.2 Å². The predicted octanol–water partition coefficient (Wildman–Crippen LogP) is 2.50. The minimum absolute atomic E-state index is 0.0904. The number of nitrogens with zero attached hydrogens (tertiary/aromatic N) is 1. The second kappa shape index (κ2) is 8.06. The molecule has 0 heterocycles. The SMILES string of the molecule is CCC(C)CN(CC)C(CN)CC(C)(C)OC. The highest BCUT2D eigenvalue weighted by Crippen LogP contribution is 2.19. The number of ether oxygens (including phenoxy) is 1. The highest BCUT2D eigenvalue weighted by atomic mass is 16.5. The number of rotatable bonds is 9. The van der Waals surface area contributed by atoms with Crippen molar-refractivity contribution in [3.8, 4) is 0 Å². The molecule has 0 aromatic rings. The van der Waals surface area contributed by atoms with Gasteiger partial charge in [0.2, 0.25) is 0 Å². The molecule has 0 fully saturated rings. The smallest absolute Gasteiger partial charge is 0.0638 e. The zero-order valence-electron chi connectivity index (χ0n) is 12.6. The van der Waals surface area contributed by atoms with Gasteiger partial charge in [0, 0.05) is 26.2 Å². The molecule has 0 spiro atoms. The number of hydrogen-bond acceptors (Lipinski definition) is 3. The summed E-state index contributed by atoms with van der Waals surface area (Å²) in [6, 6.07) is 0.420. The van der Waals surface area contributed by atoms with Gasteiger partial charge >= 0.3 is 0 Å². The van der Waals surface area contributed by atoms with Crippen LogP contribution < -0.4 is 5.73 Å². The molecular weight excluding hydrogens is 212 g/mol. The first-order valence-electron chi connectivity index (χ1n) is 6.89. The maximum absolute atomic E-state index is 5.93. The van der Waals surface area contributed by atoms with Gasteiger partial charge in [0.25, 0.3) is 0 Å². The Morgan fingerprint density at radius 2 is 1.88 bits per heavy atom. The van der Waals surface area contributed by atoms with Gasteiger partial charge in [-0.2, -0.15) is 0 Å². The molecule has 2 N–H and O–H groups in total. The zero-order valence-corrected chi connectivity index (χ0v) is 12.6. The monoisotopic (exact) mass is 244 g/mol. The first-order valence-corrected chi connectivity index (χ1v) is 6.89. The first kappa shape index (κ1) is 16.9. The Morgan fingerprint density at radius 1 is 1.29 bits per heavy atom. The van der Waals surface area contributed by atoms with Crippen molar-refractivity contribution in [2.75, 3.05) is 26.7 Å². The number of hydrogen-bond donors (Lipinski definition) is 1. The highest BCUT2D eigenvalue weighted by Gasteiger charge is 2.26. The van der Waals surface area contributed by atoms with E-state index in [0.29, 0.717) is 12.6 Å². The molecule has 2 unspecified atom stereocenters. The van der Waals surface area contributed by atoms with Crippen LogP contribution in [-0.4, -0.2) is 43.3 Å². The number of nitrogens with two attached hydrogens (primary N) is 1. The van der Waals surface area contributed by atoms with Crippen LogP contribution in [0.4, 0.5) is 0 Å². The van der Waals surface area contributed by atoms with Crippen LogP contribution in [0.25, 0.3) is 0 Å². The molecule has 0 rings (SSSR count). The van der Waals surface area contributed by atoms with Crippen molar-refractivity contribution >= 4 is 0 Å². The molecule has 0 radical (unpaired) electrons. The zero-order chi connectivity index (χ0) is 13.5. The summed E-state index contributed by atoms with van der Waals surface area (Å²) in [5.41, 5.74) is 5.84. The second-order valence-electron chi connectivity index (χ2n) is 5.66. The summed E-state index contributed by atoms with van der Waals surface area (Å²) >= 11 is 0. The average molecular weight is 244 g/mol. The third kappa shape index (κ3) is 6.39. The van der Waals surface area contributed by atoms with E-state index in [1.807, 2.05) is 0 Å². The minimum Gasteiger partial charge on any atom is -0.379 e. The Balaban J connectivity index is 4.48. The lowest BCUT2D eigenvalue weighted by molar-refractivity contribution is -0.00870. The molecule has 0 saturated heterocycles. The standard InChI is InChI=1S/C14H32N2O/c1-7-12(3)11-16(8-2)13(10-15)9-14(4,5)17-6/h12-13H,7-11,15H2,1-6H3. The molecule has 0 aliphatic rings. The minimum atomic E-state index is -0.0904. The lowest BCUT2D eigenvalue weighted by Crippen LogP contribution is -2.46. The van der Waals surface area contributed by atoms with Gasteiger partial charge in [-0.3, -0.25) is 4.90 Å². The van der Waals surface area contributed by atoms with Crippen molar-refractivity contribution in [3.05, 3.63) is 0 Å². The van der Waals surface area contributed by atoms with Crippen molar-refractivity contribution in [2.24, 2.45) is 11.7 Å². The molecule has 0 amide bonds. The van der Waals surface area contributed by atoms with E-state index >= 15 is 0 Å². The third-order valence-electron chi connectivity index (χ3n) is 3.72. The van der Waals surface area contributed by atoms with Crippen LogP contribution >= 0.6 is 0 Å². The summed E-state index contributed by atoms with van der Waals surface area (Å²) in [6.07, 6.45) is 2.21. The summed E-state index contributed by atoms with van der Waals surface area (Å²) in [5.74, 6) is 0.731. The van der Waals surface area contributed by atoms with Gasteiger partial charge in [-0.25, -0.2) is 0 Å². The largest absolute Gasteiger partial charge is 0.379 e. The summed E-state index contributed by atoms with van der Waals surface area (Å²) in [7, 11) is 1.78. The summed E-state index contributed by atoms with van der Waals surface area (Å²) in [6.45, 7) is 13.9. The molecular formula is C14H32N2O. The number of likely N-dealkylation sites (N-methyl/N-ethyl adjacent to an activating group) is 1. The van der Waals surface area contributed by atoms with Crippen LogP contribution in [0.5, 0.6) is 0 Å². The van der Waals surface area contributed by atoms with Gasteiger partial charge in [0.15, 0.2) is 0 Å². The van der Waals surface area contributed by atoms with E-state index in [0.717, 1.165) is 25.4 Å². The van der Waals surface area contributed by atoms with Crippen molar-refractivity contribution in [1.29, 1.82) is 0 Å². The Morgan fingerprint density at radius 3 is 2.24 bits per heavy atom. The van der Waals surface area contributed by atoms with Gasteiger partial charge in [0.05, 0.1) is 5.60 Å². The average Bonchev–Trinajstić information content (AvgIpc) is 2.32. The maximum atomic E-state index is 5.93. The van der Waals surface area contributed by atoms with Gasteiger partial charge in [-0.15, -0.1) is 0 Å². The van der Waals surface area contributed by atoms with Crippen LogP contribution in [0.3, 0.4) is 0 Å². The van der Waals surface area contributed by atoms with E-state index in [2.05, 4.69) is 39.5 Å². The van der Waals surface area contributed by atoms with Crippen LogP contribution in [0.2, 0.25) is 0 Å². The molecule has 0 aliphatic heterocycles. The van der Waals surface area contributed by atoms with Crippen molar-refractivity contribution < 1.29 is 4.74 Å². The first-order chi connectivity index (χ1) is 7.90. The molecule has 104 valence electrons. The maximum Gasteiger partial charge on any atom is 0.0638 e. The summed E-state index contributed by atoms with van der Waals surface area (Å²) in [5, 5.41) is 0. The Bertz CT molecular complexity index is 195. The highest BCUT2D eigenvalue weighted by molar-refractivity contribution is 4.81. The molecule has 0 aromatic heterocycles. The van der Waals surface area contributed by atoms with E-state index in [-0.39, 0.29) is 5.60 Å². The van der Waals surface area contributed by atoms with Crippen LogP contribution in [-0.2, 0) is 4.74 Å². The van der Waals surface area contributed by atoms with E-state index in [9.17, 15) is 0 Å². The third-order valence-corrected chi connectivity index (χ3v) is 3.72. The molecule has 0 aromatic carbocycles. The molecule has 2 atom stereocenters. The van der Waals surface area contributed by atoms with Gasteiger partial charge in [-0.05, 0) is 32.7 Å². The second-order valence-corrected chi connectivity index (χ2v) is 5.66. The van der Waals surface area contributed by atoms with Crippen LogP contribution in [0.15, 0.2) is 0 Å². The van der Waals surface area contributed by atoms with E-state index < -0.39 is 0 Å². The Labute approximate surface area is 108 Å². The lowest BCUT2D eigenvalue weighted by atomic mass is 9.96. The van der Waals surface area contributed by atoms with E-state index in [4.69, 9.17) is 10.5 Å². The molecule has 3 heteroatoms. The predicted molar refractivity (Wildman–Crippen MR) is 75.2 cm³/mol. The molecule has 0 aliphatic carbocycles. The summed E-state index contributed by atoms with van der Waals surface area (Å²) in [4.78, 5) is 2.49. The van der Waals surface area contributed by atoms with E-state index in [1.165, 1.54) is 6.42 Å². The van der Waals surface area contributed by atoms with Gasteiger partial charge < -0.3 is 10.5 Å². The van der Waals surface area contributed by atoms with Gasteiger partial charge in [0.1, 0.15) is 0 Å². The van der Waals surface area contributed by atoms with Crippen molar-refractivity contribution in [1.82, 2.24) is 4.90 Å². The molecule has 17 heavy (non-hydrogen) atoms. The quantitative estimate of drug-likeness (QED) is 0.677. The van der Waals surface area contributed by atoms with Crippen LogP contribution in [0, 0.1) is 5.92 Å². The molecule has 0 saturated carbocycles. The Hall–Kier alpha value is -0.120. The van der Waals surface area contributed by atoms with Crippen LogP contribution in [0.1, 0.15) is 47.5 Å². The molecule has 3 nitrogen and oxygen atoms in total. The number of methoxy groups -OCH3 is 1. The fourth-order valence-corrected chi connectivity index (χ4v) is 2.08. The van der Waals surface area contributed by atoms with Crippen molar-refractivity contribution in [2.45, 2.75) is 59.1 Å². The Kier molecular flexibility index (Phi) is 8.01. The van der Waals surface area contributed by atoms with E-state index in [1.54, 1.807) is 7.11 Å². The summed E-state index contributed by atoms with van der Waals surface area (Å²) < 4.78 is 5.51. The lowest BCUT2D eigenvalue weighted by Gasteiger charge is -2.36. The fourth-order valence-electron chi connectivity index (χ4n) is 2.08. The molecule has 0 bridgehead atoms. The fraction of sp³-hybridized carbons (Fsp3) is 1.00. The normalized spacial score (nSPS) is 16.2. The van der Waals surface area contributed by atoms with Crippen molar-refractivity contribution in [3.63, 3.8) is 0 Å². The topological polar surface area (TPSA) is 38.5 Å².